The van der Waals surface area contributed by atoms with Gasteiger partial charge in [0, 0.05) is 19.5 Å². The Hall–Kier alpha value is 0.0534. The monoisotopic (exact) mass is 181 g/mol. The van der Waals surface area contributed by atoms with E-state index in [4.69, 9.17) is 5.11 Å². The van der Waals surface area contributed by atoms with Gasteiger partial charge in [0.25, 0.3) is 0 Å². The van der Waals surface area contributed by atoms with Gasteiger partial charge in [0.1, 0.15) is 6.04 Å². The van der Waals surface area contributed by atoms with E-state index >= 15 is 0 Å². The Balaban J connectivity index is 0. The second-order valence-corrected chi connectivity index (χ2v) is 1.98. The molecule has 0 bridgehead atoms. The third-order valence-electron chi connectivity index (χ3n) is 1.13. The standard InChI is InChI=1S/C5H11NO2.Zn/c1-4(5(7)8)6(2)3;/h4H,1-3H3,(H,7,8);. The summed E-state index contributed by atoms with van der Waals surface area (Å²) in [4.78, 5) is 11.7. The molecule has 0 rings (SSSR count). The van der Waals surface area contributed by atoms with Crippen molar-refractivity contribution in [2.45, 2.75) is 13.0 Å². The summed E-state index contributed by atoms with van der Waals surface area (Å²) in [5, 5.41) is 8.31. The maximum atomic E-state index is 10.1. The zero-order valence-electron chi connectivity index (χ0n) is 6.09. The molecule has 0 aromatic heterocycles. The van der Waals surface area contributed by atoms with Gasteiger partial charge in [-0.2, -0.15) is 0 Å². The molecule has 3 nitrogen and oxygen atoms in total. The van der Waals surface area contributed by atoms with E-state index in [1.54, 1.807) is 25.9 Å². The molecule has 9 heavy (non-hydrogen) atoms. The second kappa shape index (κ2) is 4.89. The van der Waals surface area contributed by atoms with Gasteiger partial charge in [-0.3, -0.25) is 9.69 Å². The Morgan fingerprint density at radius 1 is 1.56 bits per heavy atom. The van der Waals surface area contributed by atoms with E-state index in [1.165, 1.54) is 0 Å². The van der Waals surface area contributed by atoms with Crippen LogP contribution in [0.4, 0.5) is 0 Å². The van der Waals surface area contributed by atoms with E-state index in [0.29, 0.717) is 0 Å². The second-order valence-electron chi connectivity index (χ2n) is 1.98. The van der Waals surface area contributed by atoms with Crippen molar-refractivity contribution in [2.75, 3.05) is 14.1 Å². The molecule has 50 valence electrons. The molecule has 0 aliphatic rings. The zero-order valence-corrected chi connectivity index (χ0v) is 9.05. The Bertz CT molecular complexity index is 95.0. The molecule has 0 aromatic carbocycles. The number of hydrogen-bond acceptors (Lipinski definition) is 2. The fourth-order valence-corrected chi connectivity index (χ4v) is 0.221. The Labute approximate surface area is 67.8 Å². The summed E-state index contributed by atoms with van der Waals surface area (Å²) < 4.78 is 0. The molecule has 0 fully saturated rings. The molecular formula is C5H11NO2Zn. The quantitative estimate of drug-likeness (QED) is 0.612. The first-order chi connectivity index (χ1) is 3.55. The summed E-state index contributed by atoms with van der Waals surface area (Å²) in [6, 6.07) is -0.380. The molecular weight excluding hydrogens is 171 g/mol. The largest absolute Gasteiger partial charge is 0.480 e. The van der Waals surface area contributed by atoms with Gasteiger partial charge >= 0.3 is 5.97 Å². The van der Waals surface area contributed by atoms with Crippen LogP contribution in [0.2, 0.25) is 0 Å². The minimum Gasteiger partial charge on any atom is -0.480 e. The van der Waals surface area contributed by atoms with Crippen molar-refractivity contribution >= 4 is 5.97 Å². The van der Waals surface area contributed by atoms with Crippen LogP contribution in [0, 0.1) is 0 Å². The molecule has 1 unspecified atom stereocenters. The van der Waals surface area contributed by atoms with Crippen molar-refractivity contribution in [3.05, 3.63) is 0 Å². The van der Waals surface area contributed by atoms with Crippen LogP contribution in [0.3, 0.4) is 0 Å². The average Bonchev–Trinajstić information content (AvgIpc) is 1.64. The maximum Gasteiger partial charge on any atom is 0.320 e. The number of carbonyl (C=O) groups is 1. The first-order valence-corrected chi connectivity index (χ1v) is 2.45. The van der Waals surface area contributed by atoms with Gasteiger partial charge in [-0.25, -0.2) is 0 Å². The molecule has 0 saturated heterocycles. The molecule has 0 radical (unpaired) electrons. The van der Waals surface area contributed by atoms with Crippen molar-refractivity contribution in [1.29, 1.82) is 0 Å². The zero-order chi connectivity index (χ0) is 6.73. The number of nitrogens with zero attached hydrogens (tertiary/aromatic N) is 1. The molecule has 1 atom stereocenters. The minimum atomic E-state index is -0.782. The third kappa shape index (κ3) is 4.55. The van der Waals surface area contributed by atoms with Crippen LogP contribution in [0.5, 0.6) is 0 Å². The SMILES string of the molecule is CC(C(=O)O)N(C)C.[Zn]. The van der Waals surface area contributed by atoms with Crippen molar-refractivity contribution in [2.24, 2.45) is 0 Å². The van der Waals surface area contributed by atoms with Crippen molar-refractivity contribution in [3.63, 3.8) is 0 Å². The number of likely N-dealkylation sites (N-methyl/N-ethyl adjacent to an activating group) is 1. The van der Waals surface area contributed by atoms with E-state index in [-0.39, 0.29) is 25.5 Å². The summed E-state index contributed by atoms with van der Waals surface area (Å²) >= 11 is 0. The first-order valence-electron chi connectivity index (χ1n) is 2.45. The van der Waals surface area contributed by atoms with Gasteiger partial charge in [0.2, 0.25) is 0 Å². The Morgan fingerprint density at radius 2 is 1.89 bits per heavy atom. The minimum absolute atomic E-state index is 0. The molecule has 0 saturated carbocycles. The van der Waals surface area contributed by atoms with E-state index < -0.39 is 5.97 Å². The van der Waals surface area contributed by atoms with Crippen molar-refractivity contribution < 1.29 is 29.4 Å². The molecule has 0 amide bonds. The summed E-state index contributed by atoms with van der Waals surface area (Å²) in [5.41, 5.74) is 0. The molecule has 4 heteroatoms. The van der Waals surface area contributed by atoms with Gasteiger partial charge in [-0.05, 0) is 21.0 Å². The van der Waals surface area contributed by atoms with Crippen molar-refractivity contribution in [1.82, 2.24) is 4.90 Å². The van der Waals surface area contributed by atoms with Gasteiger partial charge in [-0.15, -0.1) is 0 Å². The van der Waals surface area contributed by atoms with Crippen LogP contribution in [-0.2, 0) is 24.3 Å². The summed E-state index contributed by atoms with van der Waals surface area (Å²) in [6.07, 6.45) is 0. The fourth-order valence-electron chi connectivity index (χ4n) is 0.221. The number of hydrogen-bond donors (Lipinski definition) is 1. The summed E-state index contributed by atoms with van der Waals surface area (Å²) in [5.74, 6) is -0.782. The summed E-state index contributed by atoms with van der Waals surface area (Å²) in [6.45, 7) is 1.64. The average molecular weight is 183 g/mol. The van der Waals surface area contributed by atoms with Gasteiger partial charge in [-0.1, -0.05) is 0 Å². The Morgan fingerprint density at radius 3 is 1.89 bits per heavy atom. The van der Waals surface area contributed by atoms with E-state index in [2.05, 4.69) is 0 Å². The summed E-state index contributed by atoms with van der Waals surface area (Å²) in [7, 11) is 3.47. The normalized spacial score (nSPS) is 12.4. The molecule has 1 N–H and O–H groups in total. The number of aliphatic carboxylic acids is 1. The van der Waals surface area contributed by atoms with Crippen molar-refractivity contribution in [3.8, 4) is 0 Å². The molecule has 0 aliphatic heterocycles. The molecule has 0 spiro atoms. The van der Waals surface area contributed by atoms with Crippen LogP contribution in [0.15, 0.2) is 0 Å². The predicted molar refractivity (Wildman–Crippen MR) is 30.8 cm³/mol. The van der Waals surface area contributed by atoms with Gasteiger partial charge in [0.15, 0.2) is 0 Å². The maximum absolute atomic E-state index is 10.1. The predicted octanol–water partition coefficient (Wildman–Crippen LogP) is 0.0186. The Kier molecular flexibility index (Phi) is 6.41. The molecule has 0 aliphatic carbocycles. The number of carboxylic acids is 1. The first kappa shape index (κ1) is 11.8. The molecule has 0 heterocycles. The van der Waals surface area contributed by atoms with Crippen LogP contribution in [0.1, 0.15) is 6.92 Å². The fraction of sp³-hybridized carbons (Fsp3) is 0.800. The smallest absolute Gasteiger partial charge is 0.320 e. The number of rotatable bonds is 2. The van der Waals surface area contributed by atoms with Crippen LogP contribution < -0.4 is 0 Å². The van der Waals surface area contributed by atoms with Gasteiger partial charge in [0.05, 0.1) is 0 Å². The van der Waals surface area contributed by atoms with Crippen LogP contribution >= 0.6 is 0 Å². The third-order valence-corrected chi connectivity index (χ3v) is 1.13. The van der Waals surface area contributed by atoms with E-state index in [0.717, 1.165) is 0 Å². The van der Waals surface area contributed by atoms with E-state index in [9.17, 15) is 4.79 Å². The number of carboxylic acid groups (broad SMARTS) is 1. The van der Waals surface area contributed by atoms with Crippen LogP contribution in [-0.4, -0.2) is 36.1 Å². The van der Waals surface area contributed by atoms with Crippen LogP contribution in [0.25, 0.3) is 0 Å². The topological polar surface area (TPSA) is 40.5 Å². The molecule has 0 aromatic rings. The van der Waals surface area contributed by atoms with E-state index in [1.807, 2.05) is 0 Å². The van der Waals surface area contributed by atoms with Gasteiger partial charge < -0.3 is 5.11 Å².